The number of carbonyl (C=O) groups excluding carboxylic acids is 1. The number of carbonyl (C=O) groups is 1. The second kappa shape index (κ2) is 4.67. The summed E-state index contributed by atoms with van der Waals surface area (Å²) in [5.41, 5.74) is 0.445. The Hall–Kier alpha value is -1.01. The van der Waals surface area contributed by atoms with E-state index in [4.69, 9.17) is 0 Å². The van der Waals surface area contributed by atoms with Gasteiger partial charge in [0.2, 0.25) is 0 Å². The lowest BCUT2D eigenvalue weighted by Crippen LogP contribution is -2.38. The van der Waals surface area contributed by atoms with E-state index in [0.29, 0.717) is 11.7 Å². The second-order valence-electron chi connectivity index (χ2n) is 3.77. The highest BCUT2D eigenvalue weighted by Crippen LogP contribution is 2.08. The van der Waals surface area contributed by atoms with Gasteiger partial charge in [0, 0.05) is 19.6 Å². The van der Waals surface area contributed by atoms with Crippen LogP contribution in [-0.2, 0) is 0 Å². The maximum atomic E-state index is 11.8. The average Bonchev–Trinajstić information content (AvgIpc) is 2.88. The molecule has 1 aliphatic heterocycles. The molecule has 1 unspecified atom stereocenters. The van der Waals surface area contributed by atoms with Crippen LogP contribution in [0.15, 0.2) is 6.20 Å². The molecule has 0 aromatic carbocycles. The minimum absolute atomic E-state index is 0.0440. The Bertz CT molecular complexity index is 321. The molecule has 0 saturated carbocycles. The summed E-state index contributed by atoms with van der Waals surface area (Å²) in [7, 11) is 1.81. The van der Waals surface area contributed by atoms with E-state index in [9.17, 15) is 4.79 Å². The molecule has 1 atom stereocenters. The van der Waals surface area contributed by atoms with Gasteiger partial charge in [0.05, 0.1) is 17.9 Å². The van der Waals surface area contributed by atoms with Crippen LogP contribution in [0.25, 0.3) is 0 Å². The van der Waals surface area contributed by atoms with Crippen LogP contribution >= 0.6 is 11.7 Å². The highest BCUT2D eigenvalue weighted by atomic mass is 32.1. The number of rotatable bonds is 3. The molecule has 0 bridgehead atoms. The number of likely N-dealkylation sites (N-methyl/N-ethyl adjacent to an activating group) is 1. The van der Waals surface area contributed by atoms with Gasteiger partial charge in [-0.2, -0.15) is 8.75 Å². The minimum Gasteiger partial charge on any atom is -0.339 e. The summed E-state index contributed by atoms with van der Waals surface area (Å²) in [6, 6.07) is 0.436. The maximum absolute atomic E-state index is 11.8. The van der Waals surface area contributed by atoms with Gasteiger partial charge in [-0.15, -0.1) is 0 Å². The van der Waals surface area contributed by atoms with Crippen LogP contribution in [-0.4, -0.2) is 45.7 Å². The van der Waals surface area contributed by atoms with Gasteiger partial charge in [-0.3, -0.25) is 4.79 Å². The zero-order valence-electron chi connectivity index (χ0n) is 8.64. The molecule has 1 amide bonds. The molecule has 1 N–H and O–H groups in total. The average molecular weight is 226 g/mol. The fraction of sp³-hybridized carbons (Fsp3) is 0.667. The Morgan fingerprint density at radius 2 is 2.67 bits per heavy atom. The van der Waals surface area contributed by atoms with Gasteiger partial charge in [0.1, 0.15) is 0 Å². The monoisotopic (exact) mass is 226 g/mol. The predicted molar refractivity (Wildman–Crippen MR) is 57.9 cm³/mol. The van der Waals surface area contributed by atoms with Crippen molar-refractivity contribution in [3.8, 4) is 0 Å². The van der Waals surface area contributed by atoms with E-state index >= 15 is 0 Å². The van der Waals surface area contributed by atoms with E-state index in [-0.39, 0.29) is 5.91 Å². The summed E-state index contributed by atoms with van der Waals surface area (Å²) in [5, 5.41) is 3.36. The Balaban J connectivity index is 1.90. The number of hydrogen-bond donors (Lipinski definition) is 1. The van der Waals surface area contributed by atoms with Crippen LogP contribution in [0.1, 0.15) is 23.3 Å². The first-order valence-electron chi connectivity index (χ1n) is 5.04. The molecule has 0 aliphatic carbocycles. The fourth-order valence-electron chi connectivity index (χ4n) is 1.78. The number of hydrogen-bond acceptors (Lipinski definition) is 5. The summed E-state index contributed by atoms with van der Waals surface area (Å²) in [6.07, 6.45) is 3.86. The van der Waals surface area contributed by atoms with E-state index in [2.05, 4.69) is 14.1 Å². The number of nitrogens with one attached hydrogen (secondary N) is 1. The Labute approximate surface area is 92.8 Å². The van der Waals surface area contributed by atoms with Gasteiger partial charge in [-0.05, 0) is 19.4 Å². The fourth-order valence-corrected chi connectivity index (χ4v) is 2.19. The molecule has 1 fully saturated rings. The molecule has 1 aromatic rings. The standard InChI is InChI=1S/C9H14N4OS/c1-13(6-7-3-2-4-10-7)9(14)8-5-11-15-12-8/h5,7,10H,2-4,6H2,1H3. The normalized spacial score (nSPS) is 20.5. The smallest absolute Gasteiger partial charge is 0.275 e. The minimum atomic E-state index is -0.0440. The number of aromatic nitrogens is 2. The van der Waals surface area contributed by atoms with Crippen LogP contribution in [0, 0.1) is 0 Å². The zero-order valence-corrected chi connectivity index (χ0v) is 9.46. The van der Waals surface area contributed by atoms with Crippen molar-refractivity contribution in [2.45, 2.75) is 18.9 Å². The third-order valence-corrected chi connectivity index (χ3v) is 3.06. The largest absolute Gasteiger partial charge is 0.339 e. The van der Waals surface area contributed by atoms with E-state index in [0.717, 1.165) is 31.2 Å². The Morgan fingerprint density at radius 3 is 3.27 bits per heavy atom. The molecule has 0 spiro atoms. The summed E-state index contributed by atoms with van der Waals surface area (Å²) in [6.45, 7) is 1.81. The molecule has 0 radical (unpaired) electrons. The molecule has 6 heteroatoms. The van der Waals surface area contributed by atoms with Crippen molar-refractivity contribution in [1.82, 2.24) is 19.0 Å². The second-order valence-corrected chi connectivity index (χ2v) is 4.33. The van der Waals surface area contributed by atoms with Gasteiger partial charge < -0.3 is 10.2 Å². The maximum Gasteiger partial charge on any atom is 0.275 e. The predicted octanol–water partition coefficient (Wildman–Crippen LogP) is 0.362. The lowest BCUT2D eigenvalue weighted by molar-refractivity contribution is 0.0779. The molecular formula is C9H14N4OS. The molecule has 1 saturated heterocycles. The van der Waals surface area contributed by atoms with Crippen molar-refractivity contribution in [2.75, 3.05) is 20.1 Å². The molecule has 82 valence electrons. The lowest BCUT2D eigenvalue weighted by Gasteiger charge is -2.20. The van der Waals surface area contributed by atoms with Crippen molar-refractivity contribution in [2.24, 2.45) is 0 Å². The Morgan fingerprint density at radius 1 is 1.80 bits per heavy atom. The SMILES string of the molecule is CN(CC1CCCN1)C(=O)c1cnsn1. The zero-order chi connectivity index (χ0) is 10.7. The van der Waals surface area contributed by atoms with E-state index in [1.807, 2.05) is 7.05 Å². The van der Waals surface area contributed by atoms with Gasteiger partial charge >= 0.3 is 0 Å². The summed E-state index contributed by atoms with van der Waals surface area (Å²) in [4.78, 5) is 13.5. The van der Waals surface area contributed by atoms with Crippen LogP contribution in [0.3, 0.4) is 0 Å². The lowest BCUT2D eigenvalue weighted by atomic mass is 10.2. The summed E-state index contributed by atoms with van der Waals surface area (Å²) >= 11 is 1.06. The van der Waals surface area contributed by atoms with Gasteiger partial charge in [-0.25, -0.2) is 0 Å². The van der Waals surface area contributed by atoms with Gasteiger partial charge in [-0.1, -0.05) is 0 Å². The summed E-state index contributed by atoms with van der Waals surface area (Å²) < 4.78 is 7.76. The van der Waals surface area contributed by atoms with Crippen molar-refractivity contribution in [1.29, 1.82) is 0 Å². The molecule has 15 heavy (non-hydrogen) atoms. The van der Waals surface area contributed by atoms with Crippen molar-refractivity contribution in [3.63, 3.8) is 0 Å². The number of amides is 1. The van der Waals surface area contributed by atoms with Crippen LogP contribution < -0.4 is 5.32 Å². The van der Waals surface area contributed by atoms with Crippen molar-refractivity contribution in [3.05, 3.63) is 11.9 Å². The molecule has 2 rings (SSSR count). The van der Waals surface area contributed by atoms with Crippen molar-refractivity contribution >= 4 is 17.6 Å². The third kappa shape index (κ3) is 2.51. The summed E-state index contributed by atoms with van der Waals surface area (Å²) in [5.74, 6) is -0.0440. The highest BCUT2D eigenvalue weighted by molar-refractivity contribution is 6.99. The highest BCUT2D eigenvalue weighted by Gasteiger charge is 2.20. The molecule has 5 nitrogen and oxygen atoms in total. The van der Waals surface area contributed by atoms with E-state index in [1.54, 1.807) is 4.90 Å². The van der Waals surface area contributed by atoms with E-state index in [1.165, 1.54) is 12.6 Å². The first-order chi connectivity index (χ1) is 7.27. The quantitative estimate of drug-likeness (QED) is 0.808. The van der Waals surface area contributed by atoms with Crippen LogP contribution in [0.2, 0.25) is 0 Å². The first kappa shape index (κ1) is 10.5. The molecular weight excluding hydrogens is 212 g/mol. The van der Waals surface area contributed by atoms with Gasteiger partial charge in [0.25, 0.3) is 5.91 Å². The molecule has 2 heterocycles. The third-order valence-electron chi connectivity index (χ3n) is 2.58. The molecule has 1 aliphatic rings. The van der Waals surface area contributed by atoms with Crippen LogP contribution in [0.5, 0.6) is 0 Å². The Kier molecular flexibility index (Phi) is 3.27. The molecule has 1 aromatic heterocycles. The van der Waals surface area contributed by atoms with Crippen LogP contribution in [0.4, 0.5) is 0 Å². The number of nitrogens with zero attached hydrogens (tertiary/aromatic N) is 3. The van der Waals surface area contributed by atoms with Crippen molar-refractivity contribution < 1.29 is 4.79 Å². The van der Waals surface area contributed by atoms with E-state index < -0.39 is 0 Å². The topological polar surface area (TPSA) is 58.1 Å². The van der Waals surface area contributed by atoms with Gasteiger partial charge in [0.15, 0.2) is 5.69 Å². The first-order valence-corrected chi connectivity index (χ1v) is 5.77.